The lowest BCUT2D eigenvalue weighted by atomic mass is 10.3. The molecular formula is C6H6F6N4. The van der Waals surface area contributed by atoms with E-state index in [-0.39, 0.29) is 4.68 Å². The monoisotopic (exact) mass is 248 g/mol. The molecule has 0 unspecified atom stereocenters. The van der Waals surface area contributed by atoms with Gasteiger partial charge in [-0.25, -0.2) is 4.68 Å². The van der Waals surface area contributed by atoms with Crippen molar-refractivity contribution >= 4 is 0 Å². The van der Waals surface area contributed by atoms with Gasteiger partial charge in [-0.05, 0) is 0 Å². The number of aromatic nitrogens is 3. The summed E-state index contributed by atoms with van der Waals surface area (Å²) in [5, 5.41) is 5.74. The second-order valence-corrected chi connectivity index (χ2v) is 2.86. The second-order valence-electron chi connectivity index (χ2n) is 2.86. The van der Waals surface area contributed by atoms with E-state index in [0.29, 0.717) is 0 Å². The number of nitrogens with zero attached hydrogens (tertiary/aromatic N) is 3. The van der Waals surface area contributed by atoms with Crippen LogP contribution in [0.4, 0.5) is 26.3 Å². The van der Waals surface area contributed by atoms with Crippen LogP contribution in [0.15, 0.2) is 0 Å². The fourth-order valence-corrected chi connectivity index (χ4v) is 1.08. The van der Waals surface area contributed by atoms with Crippen molar-refractivity contribution in [2.45, 2.75) is 25.4 Å². The summed E-state index contributed by atoms with van der Waals surface area (Å²) in [6, 6.07) is 0. The van der Waals surface area contributed by atoms with E-state index >= 15 is 0 Å². The van der Waals surface area contributed by atoms with Gasteiger partial charge in [-0.15, -0.1) is 5.10 Å². The predicted octanol–water partition coefficient (Wildman–Crippen LogP) is 1.32. The van der Waals surface area contributed by atoms with Crippen molar-refractivity contribution < 1.29 is 26.3 Å². The molecule has 0 spiro atoms. The smallest absolute Gasteiger partial charge is 0.325 e. The minimum atomic E-state index is -4.97. The number of alkyl halides is 6. The molecule has 16 heavy (non-hydrogen) atoms. The third-order valence-electron chi connectivity index (χ3n) is 1.60. The van der Waals surface area contributed by atoms with Gasteiger partial charge in [-0.2, -0.15) is 26.3 Å². The van der Waals surface area contributed by atoms with Crippen molar-refractivity contribution in [1.82, 2.24) is 15.0 Å². The van der Waals surface area contributed by atoms with E-state index in [0.717, 1.165) is 0 Å². The van der Waals surface area contributed by atoms with E-state index in [1.165, 1.54) is 0 Å². The van der Waals surface area contributed by atoms with Gasteiger partial charge in [0.15, 0.2) is 5.69 Å². The Morgan fingerprint density at radius 2 is 1.69 bits per heavy atom. The normalized spacial score (nSPS) is 13.2. The minimum absolute atomic E-state index is 0.248. The van der Waals surface area contributed by atoms with Crippen molar-refractivity contribution in [1.29, 1.82) is 0 Å². The molecule has 1 heterocycles. The van der Waals surface area contributed by atoms with Gasteiger partial charge in [0.1, 0.15) is 12.2 Å². The van der Waals surface area contributed by atoms with Crippen LogP contribution >= 0.6 is 0 Å². The lowest BCUT2D eigenvalue weighted by Crippen LogP contribution is -2.24. The van der Waals surface area contributed by atoms with Crippen LogP contribution in [-0.2, 0) is 19.3 Å². The Balaban J connectivity index is 3.16. The quantitative estimate of drug-likeness (QED) is 0.803. The summed E-state index contributed by atoms with van der Waals surface area (Å²) in [7, 11) is 0. The maximum atomic E-state index is 12.4. The topological polar surface area (TPSA) is 56.7 Å². The highest BCUT2D eigenvalue weighted by atomic mass is 19.4. The molecule has 1 aromatic heterocycles. The van der Waals surface area contributed by atoms with Gasteiger partial charge in [0.2, 0.25) is 0 Å². The van der Waals surface area contributed by atoms with Gasteiger partial charge in [0.25, 0.3) is 0 Å². The molecule has 4 nitrogen and oxygen atoms in total. The average Bonchev–Trinajstić information content (AvgIpc) is 2.43. The van der Waals surface area contributed by atoms with Crippen LogP contribution in [0.3, 0.4) is 0 Å². The summed E-state index contributed by atoms with van der Waals surface area (Å²) in [5.41, 5.74) is 2.65. The minimum Gasteiger partial charge on any atom is -0.325 e. The Kier molecular flexibility index (Phi) is 3.13. The Labute approximate surface area is 85.0 Å². The van der Waals surface area contributed by atoms with Crippen LogP contribution in [0, 0.1) is 0 Å². The highest BCUT2D eigenvalue weighted by Crippen LogP contribution is 2.32. The number of hydrogen-bond acceptors (Lipinski definition) is 3. The molecule has 1 aromatic rings. The molecule has 0 atom stereocenters. The molecule has 0 aliphatic heterocycles. The molecule has 10 heteroatoms. The lowest BCUT2D eigenvalue weighted by molar-refractivity contribution is -0.161. The molecule has 0 saturated carbocycles. The van der Waals surface area contributed by atoms with Crippen molar-refractivity contribution in [3.63, 3.8) is 0 Å². The molecule has 0 aliphatic rings. The van der Waals surface area contributed by atoms with E-state index in [9.17, 15) is 26.3 Å². The molecule has 0 fully saturated rings. The Morgan fingerprint density at radius 1 is 1.12 bits per heavy atom. The first-order valence-corrected chi connectivity index (χ1v) is 3.91. The van der Waals surface area contributed by atoms with Gasteiger partial charge < -0.3 is 5.73 Å². The van der Waals surface area contributed by atoms with Gasteiger partial charge in [0, 0.05) is 6.54 Å². The average molecular weight is 248 g/mol. The molecule has 0 aliphatic carbocycles. The van der Waals surface area contributed by atoms with Crippen molar-refractivity contribution in [2.24, 2.45) is 5.73 Å². The number of nitrogens with two attached hydrogens (primary N) is 1. The number of hydrogen-bond donors (Lipinski definition) is 1. The zero-order valence-corrected chi connectivity index (χ0v) is 7.60. The van der Waals surface area contributed by atoms with E-state index in [2.05, 4.69) is 10.3 Å². The molecule has 0 saturated heterocycles. The molecule has 1 rings (SSSR count). The molecule has 0 radical (unpaired) electrons. The lowest BCUT2D eigenvalue weighted by Gasteiger charge is -2.12. The SMILES string of the molecule is NCc1nnn(CC(F)(F)F)c1C(F)(F)F. The van der Waals surface area contributed by atoms with Gasteiger partial charge in [0.05, 0.1) is 0 Å². The summed E-state index contributed by atoms with van der Waals surface area (Å²) in [4.78, 5) is 0. The maximum absolute atomic E-state index is 12.4. The van der Waals surface area contributed by atoms with E-state index in [4.69, 9.17) is 5.73 Å². The Morgan fingerprint density at radius 3 is 2.06 bits per heavy atom. The highest BCUT2D eigenvalue weighted by molar-refractivity contribution is 5.13. The van der Waals surface area contributed by atoms with Crippen molar-refractivity contribution in [3.05, 3.63) is 11.4 Å². The third-order valence-corrected chi connectivity index (χ3v) is 1.60. The Hall–Kier alpha value is -1.32. The van der Waals surface area contributed by atoms with Crippen molar-refractivity contribution in [3.8, 4) is 0 Å². The number of rotatable bonds is 2. The largest absolute Gasteiger partial charge is 0.434 e. The van der Waals surface area contributed by atoms with Gasteiger partial charge in [-0.3, -0.25) is 0 Å². The van der Waals surface area contributed by atoms with E-state index < -0.39 is 36.8 Å². The van der Waals surface area contributed by atoms with Crippen LogP contribution < -0.4 is 5.73 Å². The van der Waals surface area contributed by atoms with Crippen LogP contribution in [-0.4, -0.2) is 21.2 Å². The molecule has 0 amide bonds. The van der Waals surface area contributed by atoms with Crippen LogP contribution in [0.2, 0.25) is 0 Å². The summed E-state index contributed by atoms with van der Waals surface area (Å²) in [6.45, 7) is -2.48. The third kappa shape index (κ3) is 2.84. The van der Waals surface area contributed by atoms with E-state index in [1.54, 1.807) is 0 Å². The Bertz CT molecular complexity index is 364. The first-order chi connectivity index (χ1) is 7.15. The molecule has 92 valence electrons. The van der Waals surface area contributed by atoms with Crippen LogP contribution in [0.5, 0.6) is 0 Å². The molecule has 2 N–H and O–H groups in total. The first-order valence-electron chi connectivity index (χ1n) is 3.91. The molecule has 0 aromatic carbocycles. The standard InChI is InChI=1S/C6H6F6N4/c7-5(8,9)2-16-4(6(10,11)12)3(1-13)14-15-16/h1-2,13H2. The van der Waals surface area contributed by atoms with Gasteiger partial charge >= 0.3 is 12.4 Å². The maximum Gasteiger partial charge on any atom is 0.434 e. The molecular weight excluding hydrogens is 242 g/mol. The number of halogens is 6. The highest BCUT2D eigenvalue weighted by Gasteiger charge is 2.41. The summed E-state index contributed by atoms with van der Waals surface area (Å²) in [5.74, 6) is 0. The van der Waals surface area contributed by atoms with Crippen LogP contribution in [0.25, 0.3) is 0 Å². The predicted molar refractivity (Wildman–Crippen MR) is 39.0 cm³/mol. The van der Waals surface area contributed by atoms with Crippen molar-refractivity contribution in [2.75, 3.05) is 0 Å². The fourth-order valence-electron chi connectivity index (χ4n) is 1.08. The first kappa shape index (κ1) is 12.7. The zero-order valence-electron chi connectivity index (χ0n) is 7.60. The fraction of sp³-hybridized carbons (Fsp3) is 0.667. The van der Waals surface area contributed by atoms with Gasteiger partial charge in [-0.1, -0.05) is 5.21 Å². The molecule has 0 bridgehead atoms. The summed E-state index contributed by atoms with van der Waals surface area (Å²) < 4.78 is 72.7. The van der Waals surface area contributed by atoms with Crippen LogP contribution in [0.1, 0.15) is 11.4 Å². The summed E-state index contributed by atoms with van der Waals surface area (Å²) in [6.07, 6.45) is -9.77. The zero-order chi connectivity index (χ0) is 12.6. The van der Waals surface area contributed by atoms with E-state index in [1.807, 2.05) is 0 Å². The second kappa shape index (κ2) is 3.92. The summed E-state index contributed by atoms with van der Waals surface area (Å²) >= 11 is 0.